The number of para-hydroxylation sites is 2. The van der Waals surface area contributed by atoms with E-state index in [2.05, 4.69) is 160 Å². The van der Waals surface area contributed by atoms with E-state index in [0.717, 1.165) is 17.1 Å². The van der Waals surface area contributed by atoms with Crippen LogP contribution >= 0.6 is 0 Å². The van der Waals surface area contributed by atoms with Crippen LogP contribution in [0.3, 0.4) is 0 Å². The minimum Gasteiger partial charge on any atom is -0.310 e. The molecule has 0 aliphatic heterocycles. The number of benzene rings is 6. The minimum absolute atomic E-state index is 0.00952. The van der Waals surface area contributed by atoms with Gasteiger partial charge in [0.05, 0.1) is 0 Å². The third-order valence-corrected chi connectivity index (χ3v) is 9.35. The van der Waals surface area contributed by atoms with E-state index in [1.807, 2.05) is 0 Å². The minimum atomic E-state index is -0.0523. The summed E-state index contributed by atoms with van der Waals surface area (Å²) in [6, 6.07) is 46.5. The molecule has 190 valence electrons. The van der Waals surface area contributed by atoms with Crippen LogP contribution in [-0.4, -0.2) is 0 Å². The highest BCUT2D eigenvalue weighted by Crippen LogP contribution is 2.56. The molecule has 39 heavy (non-hydrogen) atoms. The van der Waals surface area contributed by atoms with Crippen molar-refractivity contribution in [2.24, 2.45) is 0 Å². The molecule has 0 amide bonds. The summed E-state index contributed by atoms with van der Waals surface area (Å²) in [5, 5.41) is 5.27. The lowest BCUT2D eigenvalue weighted by molar-refractivity contribution is 0.301. The van der Waals surface area contributed by atoms with Gasteiger partial charge in [-0.3, -0.25) is 0 Å². The van der Waals surface area contributed by atoms with Crippen molar-refractivity contribution in [3.05, 3.63) is 139 Å². The Hall–Kier alpha value is -4.36. The fraction of sp³-hybridized carbons (Fsp3) is 0.158. The van der Waals surface area contributed by atoms with Crippen LogP contribution < -0.4 is 4.90 Å². The van der Waals surface area contributed by atoms with Gasteiger partial charge in [-0.1, -0.05) is 119 Å². The summed E-state index contributed by atoms with van der Waals surface area (Å²) in [5.41, 5.74) is 9.04. The summed E-state index contributed by atoms with van der Waals surface area (Å²) >= 11 is 0. The molecule has 0 N–H and O–H groups in total. The summed E-state index contributed by atoms with van der Waals surface area (Å²) in [5.74, 6) is 0. The van der Waals surface area contributed by atoms with Crippen molar-refractivity contribution in [1.82, 2.24) is 0 Å². The molecular weight excluding hydrogens is 470 g/mol. The first-order valence-electron chi connectivity index (χ1n) is 13.9. The van der Waals surface area contributed by atoms with Crippen LogP contribution in [-0.2, 0) is 10.8 Å². The summed E-state index contributed by atoms with van der Waals surface area (Å²) in [7, 11) is 0. The molecule has 1 aliphatic carbocycles. The molecule has 0 unspecified atom stereocenters. The Morgan fingerprint density at radius 1 is 0.462 bits per heavy atom. The Morgan fingerprint density at radius 3 is 1.74 bits per heavy atom. The van der Waals surface area contributed by atoms with Crippen molar-refractivity contribution < 1.29 is 0 Å². The molecule has 1 heteroatoms. The van der Waals surface area contributed by atoms with Gasteiger partial charge in [0, 0.05) is 22.5 Å². The van der Waals surface area contributed by atoms with E-state index in [1.54, 1.807) is 0 Å². The number of hydrogen-bond donors (Lipinski definition) is 0. The van der Waals surface area contributed by atoms with Crippen LogP contribution in [0, 0.1) is 0 Å². The van der Waals surface area contributed by atoms with E-state index < -0.39 is 0 Å². The second-order valence-electron chi connectivity index (χ2n) is 11.9. The highest BCUT2D eigenvalue weighted by molar-refractivity contribution is 6.13. The zero-order valence-corrected chi connectivity index (χ0v) is 23.1. The van der Waals surface area contributed by atoms with Crippen molar-refractivity contribution in [2.45, 2.75) is 38.5 Å². The van der Waals surface area contributed by atoms with Crippen LogP contribution in [0.1, 0.15) is 38.8 Å². The second-order valence-corrected chi connectivity index (χ2v) is 11.9. The molecule has 6 aromatic rings. The first-order valence-corrected chi connectivity index (χ1v) is 13.9. The number of hydrogen-bond acceptors (Lipinski definition) is 1. The molecule has 0 atom stereocenters. The number of anilines is 3. The second kappa shape index (κ2) is 8.58. The Balaban J connectivity index is 1.51. The Kier molecular flexibility index (Phi) is 5.22. The highest BCUT2D eigenvalue weighted by Gasteiger charge is 2.46. The van der Waals surface area contributed by atoms with Gasteiger partial charge in [0.25, 0.3) is 0 Å². The van der Waals surface area contributed by atoms with Crippen LogP contribution in [0.4, 0.5) is 17.1 Å². The summed E-state index contributed by atoms with van der Waals surface area (Å²) in [6.07, 6.45) is 0. The van der Waals surface area contributed by atoms with E-state index in [1.165, 1.54) is 43.8 Å². The number of rotatable bonds is 3. The molecule has 0 radical (unpaired) electrons. The topological polar surface area (TPSA) is 3.24 Å². The smallest absolute Gasteiger partial charge is 0.0468 e. The van der Waals surface area contributed by atoms with Crippen LogP contribution in [0.2, 0.25) is 0 Å². The molecule has 0 aromatic heterocycles. The van der Waals surface area contributed by atoms with Gasteiger partial charge in [-0.15, -0.1) is 0 Å². The van der Waals surface area contributed by atoms with Gasteiger partial charge in [0.15, 0.2) is 0 Å². The maximum atomic E-state index is 2.43. The van der Waals surface area contributed by atoms with Crippen LogP contribution in [0.5, 0.6) is 0 Å². The Bertz CT molecular complexity index is 1810. The van der Waals surface area contributed by atoms with Gasteiger partial charge in [0.2, 0.25) is 0 Å². The lowest BCUT2D eigenvalue weighted by Gasteiger charge is -2.49. The quantitative estimate of drug-likeness (QED) is 0.217. The molecule has 1 aliphatic rings. The summed E-state index contributed by atoms with van der Waals surface area (Å²) < 4.78 is 0. The zero-order valence-electron chi connectivity index (χ0n) is 23.1. The molecule has 0 spiro atoms. The van der Waals surface area contributed by atoms with Gasteiger partial charge in [-0.05, 0) is 85.6 Å². The Morgan fingerprint density at radius 2 is 1.05 bits per heavy atom. The first kappa shape index (κ1) is 23.7. The van der Waals surface area contributed by atoms with Crippen LogP contribution in [0.15, 0.2) is 127 Å². The molecule has 1 nitrogen and oxygen atoms in total. The standard InChI is InChI=1S/C38H33N/c1-37(2)34-18-12-11-17-32(34)33-23-21-26-19-20-27-25-30(22-24-31(27)35(26)36(33)38(37,3)4)39(28-13-7-5-8-14-28)29-15-9-6-10-16-29/h5-25H,1-4H3. The van der Waals surface area contributed by atoms with Gasteiger partial charge in [-0.2, -0.15) is 0 Å². The maximum absolute atomic E-state index is 2.43. The van der Waals surface area contributed by atoms with Gasteiger partial charge >= 0.3 is 0 Å². The van der Waals surface area contributed by atoms with Crippen molar-refractivity contribution >= 4 is 38.6 Å². The van der Waals surface area contributed by atoms with E-state index >= 15 is 0 Å². The lowest BCUT2D eigenvalue weighted by Crippen LogP contribution is -2.43. The molecular formula is C38H33N. The number of fused-ring (bicyclic) bond motifs is 7. The predicted molar refractivity (Wildman–Crippen MR) is 168 cm³/mol. The molecule has 0 saturated carbocycles. The molecule has 0 heterocycles. The molecule has 7 rings (SSSR count). The molecule has 0 bridgehead atoms. The first-order chi connectivity index (χ1) is 18.9. The highest BCUT2D eigenvalue weighted by atomic mass is 15.1. The average molecular weight is 504 g/mol. The SMILES string of the molecule is CC1(C)c2ccccc2-c2ccc3ccc4cc(N(c5ccccc5)c5ccccc5)ccc4c3c2C1(C)C. The van der Waals surface area contributed by atoms with E-state index in [9.17, 15) is 0 Å². The summed E-state index contributed by atoms with van der Waals surface area (Å²) in [4.78, 5) is 2.34. The monoisotopic (exact) mass is 503 g/mol. The molecule has 0 fully saturated rings. The van der Waals surface area contributed by atoms with Gasteiger partial charge < -0.3 is 4.90 Å². The zero-order chi connectivity index (χ0) is 26.8. The van der Waals surface area contributed by atoms with E-state index in [4.69, 9.17) is 0 Å². The maximum Gasteiger partial charge on any atom is 0.0468 e. The van der Waals surface area contributed by atoms with E-state index in [-0.39, 0.29) is 10.8 Å². The third-order valence-electron chi connectivity index (χ3n) is 9.35. The van der Waals surface area contributed by atoms with Crippen LogP contribution in [0.25, 0.3) is 32.7 Å². The summed E-state index contributed by atoms with van der Waals surface area (Å²) in [6.45, 7) is 9.69. The van der Waals surface area contributed by atoms with Crippen molar-refractivity contribution in [2.75, 3.05) is 4.90 Å². The van der Waals surface area contributed by atoms with Gasteiger partial charge in [0.1, 0.15) is 0 Å². The molecule has 0 saturated heterocycles. The van der Waals surface area contributed by atoms with Gasteiger partial charge in [-0.25, -0.2) is 0 Å². The molecule has 6 aromatic carbocycles. The Labute approximate surface area is 231 Å². The fourth-order valence-corrected chi connectivity index (χ4v) is 6.67. The fourth-order valence-electron chi connectivity index (χ4n) is 6.67. The average Bonchev–Trinajstić information content (AvgIpc) is 2.97. The van der Waals surface area contributed by atoms with Crippen molar-refractivity contribution in [3.8, 4) is 11.1 Å². The third kappa shape index (κ3) is 3.46. The lowest BCUT2D eigenvalue weighted by atomic mass is 9.54. The number of nitrogens with zero attached hydrogens (tertiary/aromatic N) is 1. The normalized spacial score (nSPS) is 15.1. The van der Waals surface area contributed by atoms with Crippen molar-refractivity contribution in [1.29, 1.82) is 0 Å². The van der Waals surface area contributed by atoms with Crippen molar-refractivity contribution in [3.63, 3.8) is 0 Å². The predicted octanol–water partition coefficient (Wildman–Crippen LogP) is 10.7. The largest absolute Gasteiger partial charge is 0.310 e. The van der Waals surface area contributed by atoms with E-state index in [0.29, 0.717) is 0 Å².